The van der Waals surface area contributed by atoms with Crippen molar-refractivity contribution in [2.75, 3.05) is 0 Å². The fourth-order valence-corrected chi connectivity index (χ4v) is 3.65. The van der Waals surface area contributed by atoms with Gasteiger partial charge in [0.05, 0.1) is 6.04 Å². The monoisotopic (exact) mass is 308 g/mol. The molecule has 2 heterocycles. The predicted molar refractivity (Wildman–Crippen MR) is 85.2 cm³/mol. The molecule has 1 fully saturated rings. The number of carbonyl (C=O) groups excluding carboxylic acids is 2. The number of nitrogens with one attached hydrogen (secondary N) is 1. The molecule has 0 radical (unpaired) electrons. The van der Waals surface area contributed by atoms with Gasteiger partial charge in [0, 0.05) is 9.75 Å². The van der Waals surface area contributed by atoms with Gasteiger partial charge in [-0.15, -0.1) is 11.3 Å². The smallest absolute Gasteiger partial charge is 0.246 e. The van der Waals surface area contributed by atoms with Crippen LogP contribution < -0.4 is 5.32 Å². The third kappa shape index (κ3) is 2.98. The highest BCUT2D eigenvalue weighted by Gasteiger charge is 2.45. The summed E-state index contributed by atoms with van der Waals surface area (Å²) in [4.78, 5) is 29.2. The number of nitrogens with zero attached hydrogens (tertiary/aromatic N) is 1. The fraction of sp³-hybridized carbons (Fsp3) is 0.625. The second-order valence-electron chi connectivity index (χ2n) is 6.85. The first-order valence-electron chi connectivity index (χ1n) is 7.32. The minimum absolute atomic E-state index is 0.00755. The van der Waals surface area contributed by atoms with E-state index < -0.39 is 12.1 Å². The van der Waals surface area contributed by atoms with Gasteiger partial charge >= 0.3 is 0 Å². The van der Waals surface area contributed by atoms with E-state index in [0.717, 1.165) is 4.88 Å². The number of hydrogen-bond donors (Lipinski definition) is 1. The second-order valence-corrected chi connectivity index (χ2v) is 8.17. The van der Waals surface area contributed by atoms with Crippen LogP contribution in [0.5, 0.6) is 0 Å². The molecular formula is C16H24N2O2S. The molecule has 1 N–H and O–H groups in total. The molecule has 21 heavy (non-hydrogen) atoms. The Morgan fingerprint density at radius 2 is 1.90 bits per heavy atom. The van der Waals surface area contributed by atoms with E-state index in [1.54, 1.807) is 23.2 Å². The SMILES string of the molecule is Cc1ccc(C(C)N2C(=O)C(C(C)(C)C)NC(=O)C2C)s1. The quantitative estimate of drug-likeness (QED) is 0.913. The number of thiophene rings is 1. The van der Waals surface area contributed by atoms with Crippen LogP contribution in [0.1, 0.15) is 50.4 Å². The lowest BCUT2D eigenvalue weighted by atomic mass is 9.83. The van der Waals surface area contributed by atoms with Crippen molar-refractivity contribution < 1.29 is 9.59 Å². The molecule has 0 aliphatic carbocycles. The lowest BCUT2D eigenvalue weighted by molar-refractivity contribution is -0.154. The van der Waals surface area contributed by atoms with E-state index in [0.29, 0.717) is 0 Å². The van der Waals surface area contributed by atoms with Gasteiger partial charge in [0.2, 0.25) is 11.8 Å². The van der Waals surface area contributed by atoms with Crippen molar-refractivity contribution >= 4 is 23.2 Å². The summed E-state index contributed by atoms with van der Waals surface area (Å²) in [5, 5.41) is 2.87. The molecule has 0 spiro atoms. The lowest BCUT2D eigenvalue weighted by Crippen LogP contribution is -2.66. The van der Waals surface area contributed by atoms with Gasteiger partial charge in [0.25, 0.3) is 0 Å². The Kier molecular flexibility index (Phi) is 4.15. The van der Waals surface area contributed by atoms with E-state index in [-0.39, 0.29) is 23.3 Å². The average Bonchev–Trinajstić information content (AvgIpc) is 2.79. The molecule has 5 heteroatoms. The Morgan fingerprint density at radius 1 is 1.29 bits per heavy atom. The molecule has 1 aromatic rings. The Balaban J connectivity index is 2.35. The molecular weight excluding hydrogens is 284 g/mol. The van der Waals surface area contributed by atoms with Crippen molar-refractivity contribution in [2.45, 2.75) is 59.7 Å². The van der Waals surface area contributed by atoms with E-state index in [4.69, 9.17) is 0 Å². The highest BCUT2D eigenvalue weighted by atomic mass is 32.1. The maximum atomic E-state index is 12.9. The Morgan fingerprint density at radius 3 is 2.38 bits per heavy atom. The van der Waals surface area contributed by atoms with Gasteiger partial charge in [-0.1, -0.05) is 20.8 Å². The van der Waals surface area contributed by atoms with E-state index >= 15 is 0 Å². The van der Waals surface area contributed by atoms with Crippen molar-refractivity contribution in [2.24, 2.45) is 5.41 Å². The van der Waals surface area contributed by atoms with Crippen LogP contribution in [0.3, 0.4) is 0 Å². The molecule has 1 saturated heterocycles. The second kappa shape index (κ2) is 5.44. The van der Waals surface area contributed by atoms with Gasteiger partial charge < -0.3 is 10.2 Å². The summed E-state index contributed by atoms with van der Waals surface area (Å²) in [5.41, 5.74) is -0.295. The zero-order valence-corrected chi connectivity index (χ0v) is 14.4. The molecule has 4 nitrogen and oxygen atoms in total. The molecule has 0 aromatic carbocycles. The molecule has 0 saturated carbocycles. The first kappa shape index (κ1) is 16.0. The van der Waals surface area contributed by atoms with Crippen molar-refractivity contribution in [1.82, 2.24) is 10.2 Å². The maximum absolute atomic E-state index is 12.9. The van der Waals surface area contributed by atoms with Crippen LogP contribution in [-0.4, -0.2) is 28.8 Å². The Bertz CT molecular complexity index is 559. The van der Waals surface area contributed by atoms with Gasteiger partial charge in [-0.2, -0.15) is 0 Å². The van der Waals surface area contributed by atoms with Crippen LogP contribution in [0, 0.1) is 12.3 Å². The van der Waals surface area contributed by atoms with Crippen LogP contribution in [0.15, 0.2) is 12.1 Å². The van der Waals surface area contributed by atoms with E-state index in [9.17, 15) is 9.59 Å². The zero-order chi connectivity index (χ0) is 15.9. The lowest BCUT2D eigenvalue weighted by Gasteiger charge is -2.44. The Hall–Kier alpha value is -1.36. The molecule has 1 aliphatic rings. The van der Waals surface area contributed by atoms with Gasteiger partial charge in [-0.05, 0) is 38.3 Å². The van der Waals surface area contributed by atoms with Crippen LogP contribution >= 0.6 is 11.3 Å². The number of piperazine rings is 1. The van der Waals surface area contributed by atoms with Crippen LogP contribution in [0.25, 0.3) is 0 Å². The maximum Gasteiger partial charge on any atom is 0.246 e. The van der Waals surface area contributed by atoms with Gasteiger partial charge in [0.1, 0.15) is 12.1 Å². The van der Waals surface area contributed by atoms with Crippen molar-refractivity contribution in [3.05, 3.63) is 21.9 Å². The summed E-state index contributed by atoms with van der Waals surface area (Å²) in [6, 6.07) is 3.11. The molecule has 1 aromatic heterocycles. The third-order valence-corrected chi connectivity index (χ3v) is 5.21. The number of amides is 2. The van der Waals surface area contributed by atoms with Crippen molar-refractivity contribution in [3.8, 4) is 0 Å². The number of carbonyl (C=O) groups is 2. The van der Waals surface area contributed by atoms with E-state index in [2.05, 4.69) is 11.4 Å². The topological polar surface area (TPSA) is 49.4 Å². The molecule has 0 bridgehead atoms. The van der Waals surface area contributed by atoms with Crippen LogP contribution in [0.2, 0.25) is 0 Å². The molecule has 3 unspecified atom stereocenters. The summed E-state index contributed by atoms with van der Waals surface area (Å²) in [7, 11) is 0. The molecule has 2 rings (SSSR count). The van der Waals surface area contributed by atoms with Crippen LogP contribution in [0.4, 0.5) is 0 Å². The number of aryl methyl sites for hydroxylation is 1. The average molecular weight is 308 g/mol. The minimum atomic E-state index is -0.468. The van der Waals surface area contributed by atoms with Crippen molar-refractivity contribution in [1.29, 1.82) is 0 Å². The number of hydrogen-bond acceptors (Lipinski definition) is 3. The normalized spacial score (nSPS) is 25.0. The van der Waals surface area contributed by atoms with Crippen LogP contribution in [-0.2, 0) is 9.59 Å². The fourth-order valence-electron chi connectivity index (χ4n) is 2.72. The third-order valence-electron chi connectivity index (χ3n) is 4.04. The highest BCUT2D eigenvalue weighted by molar-refractivity contribution is 7.12. The predicted octanol–water partition coefficient (Wildman–Crippen LogP) is 2.88. The molecule has 116 valence electrons. The molecule has 2 amide bonds. The molecule has 3 atom stereocenters. The van der Waals surface area contributed by atoms with Gasteiger partial charge in [-0.3, -0.25) is 9.59 Å². The zero-order valence-electron chi connectivity index (χ0n) is 13.6. The number of rotatable bonds is 2. The first-order valence-corrected chi connectivity index (χ1v) is 8.13. The van der Waals surface area contributed by atoms with Crippen molar-refractivity contribution in [3.63, 3.8) is 0 Å². The van der Waals surface area contributed by atoms with Gasteiger partial charge in [0.15, 0.2) is 0 Å². The minimum Gasteiger partial charge on any atom is -0.342 e. The summed E-state index contributed by atoms with van der Waals surface area (Å²) in [5.74, 6) is -0.0668. The van der Waals surface area contributed by atoms with E-state index in [1.165, 1.54) is 4.88 Å². The summed E-state index contributed by atoms with van der Waals surface area (Å²) >= 11 is 1.68. The highest BCUT2D eigenvalue weighted by Crippen LogP contribution is 2.33. The summed E-state index contributed by atoms with van der Waals surface area (Å²) in [6.07, 6.45) is 0. The summed E-state index contributed by atoms with van der Waals surface area (Å²) < 4.78 is 0. The van der Waals surface area contributed by atoms with E-state index in [1.807, 2.05) is 40.7 Å². The standard InChI is InChI=1S/C16H24N2O2S/c1-9-7-8-12(21-9)10(2)18-11(3)14(19)17-13(15(18)20)16(4,5)6/h7-8,10-11,13H,1-6H3,(H,17,19). The molecule has 1 aliphatic heterocycles. The first-order chi connectivity index (χ1) is 9.62. The Labute approximate surface area is 130 Å². The van der Waals surface area contributed by atoms with Gasteiger partial charge in [-0.25, -0.2) is 0 Å². The largest absolute Gasteiger partial charge is 0.342 e. The summed E-state index contributed by atoms with van der Waals surface area (Å²) in [6.45, 7) is 11.8.